The van der Waals surface area contributed by atoms with Crippen LogP contribution in [0.25, 0.3) is 0 Å². The number of thioether (sulfide) groups is 1. The minimum absolute atomic E-state index is 0.120. The van der Waals surface area contributed by atoms with Crippen LogP contribution in [-0.2, 0) is 11.8 Å². The SMILES string of the molecule is Cc1ccccc1C(=O)N[C@H](C)c1nnc(SCC(=O)Nc2ccc(Cl)cc2Cl)n1C. The number of carbonyl (C=O) groups is 2. The smallest absolute Gasteiger partial charge is 0.252 e. The molecule has 0 bridgehead atoms. The Morgan fingerprint density at radius 3 is 2.61 bits per heavy atom. The molecule has 0 aliphatic heterocycles. The van der Waals surface area contributed by atoms with Gasteiger partial charge >= 0.3 is 0 Å². The third-order valence-electron chi connectivity index (χ3n) is 4.53. The Balaban J connectivity index is 1.59. The van der Waals surface area contributed by atoms with Crippen LogP contribution in [-0.4, -0.2) is 32.3 Å². The molecule has 2 aromatic carbocycles. The Labute approximate surface area is 194 Å². The van der Waals surface area contributed by atoms with Gasteiger partial charge in [0.15, 0.2) is 11.0 Å². The van der Waals surface area contributed by atoms with Crippen molar-refractivity contribution >= 4 is 52.5 Å². The van der Waals surface area contributed by atoms with E-state index >= 15 is 0 Å². The summed E-state index contributed by atoms with van der Waals surface area (Å²) in [6.45, 7) is 3.72. The molecule has 0 unspecified atom stereocenters. The zero-order chi connectivity index (χ0) is 22.5. The van der Waals surface area contributed by atoms with Crippen molar-refractivity contribution in [3.8, 4) is 0 Å². The van der Waals surface area contributed by atoms with Crippen molar-refractivity contribution < 1.29 is 9.59 Å². The predicted molar refractivity (Wildman–Crippen MR) is 124 cm³/mol. The van der Waals surface area contributed by atoms with Crippen LogP contribution in [0.15, 0.2) is 47.6 Å². The molecular formula is C21H21Cl2N5O2S. The summed E-state index contributed by atoms with van der Waals surface area (Å²) in [4.78, 5) is 24.8. The maximum absolute atomic E-state index is 12.6. The highest BCUT2D eigenvalue weighted by Crippen LogP contribution is 2.26. The van der Waals surface area contributed by atoms with Crippen LogP contribution in [0.5, 0.6) is 0 Å². The van der Waals surface area contributed by atoms with E-state index in [0.29, 0.717) is 32.3 Å². The molecule has 10 heteroatoms. The first-order valence-corrected chi connectivity index (χ1v) is 11.1. The number of halogens is 2. The second kappa shape index (κ2) is 10.2. The van der Waals surface area contributed by atoms with Crippen molar-refractivity contribution in [2.24, 2.45) is 7.05 Å². The first kappa shape index (κ1) is 23.1. The molecule has 0 saturated carbocycles. The Morgan fingerprint density at radius 1 is 1.16 bits per heavy atom. The molecule has 2 N–H and O–H groups in total. The van der Waals surface area contributed by atoms with Gasteiger partial charge in [0, 0.05) is 17.6 Å². The van der Waals surface area contributed by atoms with Gasteiger partial charge in [-0.2, -0.15) is 0 Å². The van der Waals surface area contributed by atoms with Crippen molar-refractivity contribution in [1.82, 2.24) is 20.1 Å². The summed E-state index contributed by atoms with van der Waals surface area (Å²) in [5, 5.41) is 15.4. The number of hydrogen-bond acceptors (Lipinski definition) is 5. The summed E-state index contributed by atoms with van der Waals surface area (Å²) < 4.78 is 1.76. The van der Waals surface area contributed by atoms with Crippen LogP contribution in [0.1, 0.15) is 34.7 Å². The quantitative estimate of drug-likeness (QED) is 0.483. The van der Waals surface area contributed by atoms with E-state index in [-0.39, 0.29) is 23.6 Å². The molecular weight excluding hydrogens is 457 g/mol. The Morgan fingerprint density at radius 2 is 1.90 bits per heavy atom. The molecule has 1 atom stereocenters. The number of hydrogen-bond donors (Lipinski definition) is 2. The number of carbonyl (C=O) groups excluding carboxylic acids is 2. The van der Waals surface area contributed by atoms with Gasteiger partial charge in [-0.1, -0.05) is 53.2 Å². The van der Waals surface area contributed by atoms with Crippen LogP contribution >= 0.6 is 35.0 Å². The maximum atomic E-state index is 12.6. The lowest BCUT2D eigenvalue weighted by molar-refractivity contribution is -0.113. The lowest BCUT2D eigenvalue weighted by Crippen LogP contribution is -2.29. The largest absolute Gasteiger partial charge is 0.342 e. The van der Waals surface area contributed by atoms with E-state index in [0.717, 1.165) is 5.56 Å². The first-order chi connectivity index (χ1) is 14.8. The Hall–Kier alpha value is -2.55. The summed E-state index contributed by atoms with van der Waals surface area (Å²) in [6, 6.07) is 11.9. The zero-order valence-corrected chi connectivity index (χ0v) is 19.5. The van der Waals surface area contributed by atoms with Crippen molar-refractivity contribution in [3.63, 3.8) is 0 Å². The number of amides is 2. The topological polar surface area (TPSA) is 88.9 Å². The normalized spacial score (nSPS) is 11.8. The number of aromatic nitrogens is 3. The summed E-state index contributed by atoms with van der Waals surface area (Å²) >= 11 is 13.2. The third kappa shape index (κ3) is 5.78. The van der Waals surface area contributed by atoms with Crippen molar-refractivity contribution in [1.29, 1.82) is 0 Å². The summed E-state index contributed by atoms with van der Waals surface area (Å²) in [5.41, 5.74) is 2.00. The molecule has 0 spiro atoms. The van der Waals surface area contributed by atoms with Gasteiger partial charge in [0.1, 0.15) is 0 Å². The molecule has 2 amide bonds. The van der Waals surface area contributed by atoms with E-state index in [1.807, 2.05) is 32.0 Å². The Bertz CT molecular complexity index is 1120. The molecule has 3 rings (SSSR count). The molecule has 0 saturated heterocycles. The standard InChI is InChI=1S/C21H21Cl2N5O2S/c1-12-6-4-5-7-15(12)20(30)24-13(2)19-26-27-21(28(19)3)31-11-18(29)25-17-9-8-14(22)10-16(17)23/h4-10,13H,11H2,1-3H3,(H,24,30)(H,25,29)/t13-/m1/s1. The zero-order valence-electron chi connectivity index (χ0n) is 17.1. The van der Waals surface area contributed by atoms with Crippen LogP contribution in [0, 0.1) is 6.92 Å². The predicted octanol–water partition coefficient (Wildman–Crippen LogP) is 4.65. The lowest BCUT2D eigenvalue weighted by atomic mass is 10.1. The third-order valence-corrected chi connectivity index (χ3v) is 6.10. The minimum Gasteiger partial charge on any atom is -0.342 e. The van der Waals surface area contributed by atoms with Gasteiger partial charge in [-0.3, -0.25) is 9.59 Å². The molecule has 0 fully saturated rings. The number of benzene rings is 2. The van der Waals surface area contributed by atoms with Crippen molar-refractivity contribution in [2.75, 3.05) is 11.1 Å². The fraction of sp³-hybridized carbons (Fsp3) is 0.238. The fourth-order valence-electron chi connectivity index (χ4n) is 2.90. The van der Waals surface area contributed by atoms with Gasteiger partial charge in [-0.05, 0) is 43.7 Å². The van der Waals surface area contributed by atoms with Crippen LogP contribution < -0.4 is 10.6 Å². The van der Waals surface area contributed by atoms with E-state index < -0.39 is 0 Å². The maximum Gasteiger partial charge on any atom is 0.252 e. The van der Waals surface area contributed by atoms with Crippen LogP contribution in [0.3, 0.4) is 0 Å². The van der Waals surface area contributed by atoms with Crippen molar-refractivity contribution in [3.05, 3.63) is 69.5 Å². The number of nitrogens with zero attached hydrogens (tertiary/aromatic N) is 3. The summed E-state index contributed by atoms with van der Waals surface area (Å²) in [5.74, 6) is 0.293. The number of anilines is 1. The van der Waals surface area contributed by atoms with Crippen LogP contribution in [0.4, 0.5) is 5.69 Å². The highest BCUT2D eigenvalue weighted by Gasteiger charge is 2.19. The van der Waals surface area contributed by atoms with Gasteiger partial charge in [-0.25, -0.2) is 0 Å². The van der Waals surface area contributed by atoms with Gasteiger partial charge in [0.05, 0.1) is 22.5 Å². The van der Waals surface area contributed by atoms with E-state index in [1.165, 1.54) is 11.8 Å². The molecule has 31 heavy (non-hydrogen) atoms. The average molecular weight is 478 g/mol. The van der Waals surface area contributed by atoms with E-state index in [2.05, 4.69) is 20.8 Å². The summed E-state index contributed by atoms with van der Waals surface area (Å²) in [7, 11) is 1.79. The van der Waals surface area contributed by atoms with Crippen molar-refractivity contribution in [2.45, 2.75) is 25.0 Å². The van der Waals surface area contributed by atoms with E-state index in [9.17, 15) is 9.59 Å². The first-order valence-electron chi connectivity index (χ1n) is 9.39. The molecule has 3 aromatic rings. The molecule has 0 aliphatic carbocycles. The fourth-order valence-corrected chi connectivity index (χ4v) is 4.08. The highest BCUT2D eigenvalue weighted by atomic mass is 35.5. The molecule has 1 heterocycles. The lowest BCUT2D eigenvalue weighted by Gasteiger charge is -2.14. The monoisotopic (exact) mass is 477 g/mol. The molecule has 0 aliphatic rings. The molecule has 0 radical (unpaired) electrons. The molecule has 162 valence electrons. The number of aryl methyl sites for hydroxylation is 1. The molecule has 7 nitrogen and oxygen atoms in total. The van der Waals surface area contributed by atoms with Crippen LogP contribution in [0.2, 0.25) is 10.0 Å². The van der Waals surface area contributed by atoms with E-state index in [4.69, 9.17) is 23.2 Å². The molecule has 1 aromatic heterocycles. The van der Waals surface area contributed by atoms with Gasteiger partial charge in [-0.15, -0.1) is 10.2 Å². The Kier molecular flexibility index (Phi) is 7.59. The van der Waals surface area contributed by atoms with Gasteiger partial charge < -0.3 is 15.2 Å². The highest BCUT2D eigenvalue weighted by molar-refractivity contribution is 7.99. The minimum atomic E-state index is -0.361. The van der Waals surface area contributed by atoms with Gasteiger partial charge in [0.2, 0.25) is 5.91 Å². The number of nitrogens with one attached hydrogen (secondary N) is 2. The number of rotatable bonds is 7. The second-order valence-electron chi connectivity index (χ2n) is 6.87. The summed E-state index contributed by atoms with van der Waals surface area (Å²) in [6.07, 6.45) is 0. The second-order valence-corrected chi connectivity index (χ2v) is 8.66. The van der Waals surface area contributed by atoms with E-state index in [1.54, 1.807) is 35.9 Å². The van der Waals surface area contributed by atoms with Gasteiger partial charge in [0.25, 0.3) is 5.91 Å². The average Bonchev–Trinajstić information content (AvgIpc) is 3.09.